The van der Waals surface area contributed by atoms with Gasteiger partial charge in [0, 0.05) is 27.9 Å². The summed E-state index contributed by atoms with van der Waals surface area (Å²) in [7, 11) is 0. The van der Waals surface area contributed by atoms with Gasteiger partial charge in [-0.3, -0.25) is 4.90 Å². The van der Waals surface area contributed by atoms with Gasteiger partial charge in [-0.1, -0.05) is 6.42 Å². The number of hydrogen-bond acceptors (Lipinski definition) is 3. The largest absolute Gasteiger partial charge is 0.459 e. The van der Waals surface area contributed by atoms with Gasteiger partial charge in [0.2, 0.25) is 0 Å². The van der Waals surface area contributed by atoms with E-state index in [2.05, 4.69) is 44.4 Å². The maximum absolute atomic E-state index is 12.6. The van der Waals surface area contributed by atoms with Gasteiger partial charge >= 0.3 is 5.97 Å². The summed E-state index contributed by atoms with van der Waals surface area (Å²) in [5.74, 6) is -0.237. The molecular weight excluding hydrogens is 380 g/mol. The predicted molar refractivity (Wildman–Crippen MR) is 104 cm³/mol. The Balaban J connectivity index is 2.11. The van der Waals surface area contributed by atoms with Crippen molar-refractivity contribution in [3.05, 3.63) is 39.6 Å². The number of piperidine rings is 1. The van der Waals surface area contributed by atoms with Crippen molar-refractivity contribution >= 4 is 27.4 Å². The van der Waals surface area contributed by atoms with Crippen molar-refractivity contribution in [1.29, 1.82) is 0 Å². The summed E-state index contributed by atoms with van der Waals surface area (Å²) in [6.45, 7) is 10.3. The molecule has 25 heavy (non-hydrogen) atoms. The molecule has 2 aromatic heterocycles. The fraction of sp³-hybridized carbons (Fsp3) is 0.550. The summed E-state index contributed by atoms with van der Waals surface area (Å²) in [6, 6.07) is 4.25. The van der Waals surface area contributed by atoms with Crippen LogP contribution in [0.15, 0.2) is 22.8 Å². The van der Waals surface area contributed by atoms with Crippen LogP contribution in [0.2, 0.25) is 0 Å². The van der Waals surface area contributed by atoms with Crippen LogP contribution < -0.4 is 0 Å². The number of halogens is 1. The van der Waals surface area contributed by atoms with Gasteiger partial charge in [-0.05, 0) is 87.3 Å². The number of hydrogen-bond donors (Lipinski definition) is 0. The number of carbonyl (C=O) groups excluding carboxylic acids is 1. The van der Waals surface area contributed by atoms with Gasteiger partial charge in [0.05, 0.1) is 11.7 Å². The molecule has 0 aliphatic carbocycles. The fourth-order valence-electron chi connectivity index (χ4n) is 3.82. The SMILES string of the molecule is Cc1c(C(=O)OC(C)C)cc2cc(Br)cn2c1C(C)N1CCCCC1. The van der Waals surface area contributed by atoms with Crippen molar-refractivity contribution in [1.82, 2.24) is 9.30 Å². The van der Waals surface area contributed by atoms with Gasteiger partial charge < -0.3 is 9.14 Å². The molecule has 0 aromatic carbocycles. The van der Waals surface area contributed by atoms with Crippen LogP contribution in [0.5, 0.6) is 0 Å². The van der Waals surface area contributed by atoms with Crippen molar-refractivity contribution < 1.29 is 9.53 Å². The van der Waals surface area contributed by atoms with E-state index in [1.807, 2.05) is 26.8 Å². The first-order valence-electron chi connectivity index (χ1n) is 9.14. The molecule has 0 amide bonds. The molecule has 136 valence electrons. The number of aromatic nitrogens is 1. The van der Waals surface area contributed by atoms with Gasteiger partial charge in [-0.25, -0.2) is 4.79 Å². The Morgan fingerprint density at radius 1 is 1.16 bits per heavy atom. The van der Waals surface area contributed by atoms with E-state index in [9.17, 15) is 4.79 Å². The number of rotatable bonds is 4. The molecule has 1 aliphatic rings. The molecule has 5 heteroatoms. The fourth-order valence-corrected chi connectivity index (χ4v) is 4.26. The molecule has 1 unspecified atom stereocenters. The molecule has 1 saturated heterocycles. The van der Waals surface area contributed by atoms with Crippen molar-refractivity contribution in [2.45, 2.75) is 59.1 Å². The number of nitrogens with zero attached hydrogens (tertiary/aromatic N) is 2. The topological polar surface area (TPSA) is 34.0 Å². The van der Waals surface area contributed by atoms with Crippen LogP contribution in [0.1, 0.15) is 67.7 Å². The summed E-state index contributed by atoms with van der Waals surface area (Å²) in [5.41, 5.74) is 3.89. The Bertz CT molecular complexity index is 776. The first-order chi connectivity index (χ1) is 11.9. The van der Waals surface area contributed by atoms with Crippen LogP contribution in [0, 0.1) is 6.92 Å². The molecule has 2 aromatic rings. The number of carbonyl (C=O) groups is 1. The molecule has 0 bridgehead atoms. The number of esters is 1. The molecule has 0 radical (unpaired) electrons. The van der Waals surface area contributed by atoms with Crippen molar-refractivity contribution in [3.8, 4) is 0 Å². The molecule has 3 heterocycles. The molecule has 1 fully saturated rings. The maximum atomic E-state index is 12.6. The Labute approximate surface area is 158 Å². The zero-order valence-electron chi connectivity index (χ0n) is 15.5. The quantitative estimate of drug-likeness (QED) is 0.660. The minimum Gasteiger partial charge on any atom is -0.459 e. The molecule has 4 nitrogen and oxygen atoms in total. The number of ether oxygens (including phenoxy) is 1. The van der Waals surface area contributed by atoms with E-state index in [1.165, 1.54) is 25.0 Å². The molecule has 1 atom stereocenters. The lowest BCUT2D eigenvalue weighted by molar-refractivity contribution is 0.0376. The third-order valence-electron chi connectivity index (χ3n) is 5.05. The van der Waals surface area contributed by atoms with E-state index in [4.69, 9.17) is 4.74 Å². The highest BCUT2D eigenvalue weighted by atomic mass is 79.9. The molecule has 3 rings (SSSR count). The smallest absolute Gasteiger partial charge is 0.338 e. The van der Waals surface area contributed by atoms with Gasteiger partial charge in [-0.2, -0.15) is 0 Å². The Hall–Kier alpha value is -1.33. The van der Waals surface area contributed by atoms with Crippen LogP contribution in [-0.4, -0.2) is 34.5 Å². The monoisotopic (exact) mass is 406 g/mol. The zero-order chi connectivity index (χ0) is 18.1. The normalized spacial score (nSPS) is 17.2. The Morgan fingerprint density at radius 3 is 2.48 bits per heavy atom. The average molecular weight is 407 g/mol. The van der Waals surface area contributed by atoms with Crippen LogP contribution in [0.3, 0.4) is 0 Å². The van der Waals surface area contributed by atoms with E-state index >= 15 is 0 Å². The molecular formula is C20H27BrN2O2. The number of pyridine rings is 1. The highest BCUT2D eigenvalue weighted by Gasteiger charge is 2.25. The summed E-state index contributed by atoms with van der Waals surface area (Å²) in [6.07, 6.45) is 5.78. The summed E-state index contributed by atoms with van der Waals surface area (Å²) in [5, 5.41) is 0. The number of likely N-dealkylation sites (tertiary alicyclic amines) is 1. The van der Waals surface area contributed by atoms with E-state index in [-0.39, 0.29) is 18.1 Å². The molecule has 0 spiro atoms. The highest BCUT2D eigenvalue weighted by molar-refractivity contribution is 9.10. The standard InChI is InChI=1S/C20H27BrN2O2/c1-13(2)25-20(24)18-11-17-10-16(21)12-23(17)19(14(18)3)15(4)22-8-6-5-7-9-22/h10-13,15H,5-9H2,1-4H3. The van der Waals surface area contributed by atoms with Crippen LogP contribution in [0.25, 0.3) is 5.52 Å². The third kappa shape index (κ3) is 3.77. The second-order valence-corrected chi connectivity index (χ2v) is 8.16. The third-order valence-corrected chi connectivity index (χ3v) is 5.49. The lowest BCUT2D eigenvalue weighted by Crippen LogP contribution is -2.33. The highest BCUT2D eigenvalue weighted by Crippen LogP contribution is 2.31. The van der Waals surface area contributed by atoms with Gasteiger partial charge in [0.25, 0.3) is 0 Å². The van der Waals surface area contributed by atoms with Crippen LogP contribution in [0.4, 0.5) is 0 Å². The summed E-state index contributed by atoms with van der Waals surface area (Å²) >= 11 is 3.58. The lowest BCUT2D eigenvalue weighted by atomic mass is 9.99. The van der Waals surface area contributed by atoms with E-state index < -0.39 is 0 Å². The first-order valence-corrected chi connectivity index (χ1v) is 9.94. The first kappa shape index (κ1) is 18.5. The molecule has 0 N–H and O–H groups in total. The average Bonchev–Trinajstić information content (AvgIpc) is 2.93. The van der Waals surface area contributed by atoms with E-state index in [1.54, 1.807) is 0 Å². The van der Waals surface area contributed by atoms with Crippen molar-refractivity contribution in [2.24, 2.45) is 0 Å². The van der Waals surface area contributed by atoms with Crippen LogP contribution in [-0.2, 0) is 4.74 Å². The second-order valence-electron chi connectivity index (χ2n) is 7.25. The van der Waals surface area contributed by atoms with Crippen LogP contribution >= 0.6 is 15.9 Å². The summed E-state index contributed by atoms with van der Waals surface area (Å²) in [4.78, 5) is 15.1. The summed E-state index contributed by atoms with van der Waals surface area (Å²) < 4.78 is 8.71. The van der Waals surface area contributed by atoms with E-state index in [0.717, 1.165) is 28.6 Å². The van der Waals surface area contributed by atoms with Gasteiger partial charge in [-0.15, -0.1) is 0 Å². The number of fused-ring (bicyclic) bond motifs is 1. The minimum atomic E-state index is -0.237. The Morgan fingerprint density at radius 2 is 1.84 bits per heavy atom. The van der Waals surface area contributed by atoms with Crippen molar-refractivity contribution in [2.75, 3.05) is 13.1 Å². The predicted octanol–water partition coefficient (Wildman–Crippen LogP) is 5.12. The van der Waals surface area contributed by atoms with E-state index in [0.29, 0.717) is 5.56 Å². The second kappa shape index (κ2) is 7.50. The Kier molecular flexibility index (Phi) is 5.54. The van der Waals surface area contributed by atoms with Gasteiger partial charge in [0.15, 0.2) is 0 Å². The maximum Gasteiger partial charge on any atom is 0.338 e. The minimum absolute atomic E-state index is 0.121. The zero-order valence-corrected chi connectivity index (χ0v) is 17.1. The molecule has 1 aliphatic heterocycles. The van der Waals surface area contributed by atoms with Crippen molar-refractivity contribution in [3.63, 3.8) is 0 Å². The lowest BCUT2D eigenvalue weighted by Gasteiger charge is -2.34. The molecule has 0 saturated carbocycles. The van der Waals surface area contributed by atoms with Gasteiger partial charge in [0.1, 0.15) is 0 Å².